The van der Waals surface area contributed by atoms with E-state index in [1.807, 2.05) is 0 Å². The van der Waals surface area contributed by atoms with Crippen LogP contribution in [0.2, 0.25) is 0 Å². The van der Waals surface area contributed by atoms with E-state index in [2.05, 4.69) is 10.6 Å². The highest BCUT2D eigenvalue weighted by atomic mass is 16.6. The summed E-state index contributed by atoms with van der Waals surface area (Å²) in [5.41, 5.74) is 0.895. The van der Waals surface area contributed by atoms with E-state index < -0.39 is 17.7 Å². The number of methoxy groups -OCH3 is 2. The summed E-state index contributed by atoms with van der Waals surface area (Å²) in [6.07, 6.45) is 1.68. The molecule has 2 N–H and O–H groups in total. The molecule has 0 spiro atoms. The molecule has 1 saturated heterocycles. The molecule has 0 aliphatic carbocycles. The van der Waals surface area contributed by atoms with E-state index >= 15 is 0 Å². The van der Waals surface area contributed by atoms with Gasteiger partial charge in [0.25, 0.3) is 5.91 Å². The van der Waals surface area contributed by atoms with Gasteiger partial charge in [-0.1, -0.05) is 0 Å². The van der Waals surface area contributed by atoms with Crippen LogP contribution in [0.25, 0.3) is 0 Å². The summed E-state index contributed by atoms with van der Waals surface area (Å²) in [7, 11) is 3.07. The van der Waals surface area contributed by atoms with Crippen LogP contribution in [-0.4, -0.2) is 55.2 Å². The minimum atomic E-state index is -0.610. The predicted octanol–water partition coefficient (Wildman–Crippen LogP) is 4.68. The number of carbonyl (C=O) groups excluding carboxylic acids is 3. The first-order valence-corrected chi connectivity index (χ1v) is 11.5. The normalized spacial score (nSPS) is 15.7. The van der Waals surface area contributed by atoms with Crippen LogP contribution in [0.3, 0.4) is 0 Å². The van der Waals surface area contributed by atoms with Crippen LogP contribution in [0.1, 0.15) is 50.4 Å². The third kappa shape index (κ3) is 6.88. The van der Waals surface area contributed by atoms with Gasteiger partial charge < -0.3 is 24.4 Å². The molecular formula is C26H33N3O6. The highest BCUT2D eigenvalue weighted by molar-refractivity contribution is 6.01. The van der Waals surface area contributed by atoms with Crippen molar-refractivity contribution in [3.63, 3.8) is 0 Å². The highest BCUT2D eigenvalue weighted by Crippen LogP contribution is 2.30. The number of benzene rings is 2. The largest absolute Gasteiger partial charge is 0.493 e. The van der Waals surface area contributed by atoms with E-state index in [1.165, 1.54) is 7.11 Å². The average Bonchev–Trinajstić information content (AvgIpc) is 2.82. The minimum absolute atomic E-state index is 0.235. The van der Waals surface area contributed by atoms with Gasteiger partial charge in [-0.25, -0.2) is 4.79 Å². The van der Waals surface area contributed by atoms with Crippen molar-refractivity contribution in [1.29, 1.82) is 0 Å². The summed E-state index contributed by atoms with van der Waals surface area (Å²) in [6.45, 7) is 5.83. The van der Waals surface area contributed by atoms with Crippen LogP contribution in [0.5, 0.6) is 11.5 Å². The van der Waals surface area contributed by atoms with Gasteiger partial charge in [0.1, 0.15) is 11.6 Å². The van der Waals surface area contributed by atoms with E-state index in [0.717, 1.165) is 12.8 Å². The van der Waals surface area contributed by atoms with Crippen LogP contribution in [-0.2, 0) is 9.53 Å². The third-order valence-electron chi connectivity index (χ3n) is 5.49. The van der Waals surface area contributed by atoms with Crippen molar-refractivity contribution >= 4 is 29.3 Å². The van der Waals surface area contributed by atoms with Gasteiger partial charge in [0, 0.05) is 29.5 Å². The molecule has 1 unspecified atom stereocenters. The van der Waals surface area contributed by atoms with E-state index in [9.17, 15) is 14.4 Å². The lowest BCUT2D eigenvalue weighted by atomic mass is 9.99. The summed E-state index contributed by atoms with van der Waals surface area (Å²) in [6, 6.07) is 11.1. The standard InChI is InChI=1S/C26H33N3O6/c1-26(2,3)35-25(32)28-18-11-9-17(10-12-18)24(31)29-15-7-6-8-20(29)23(30)27-19-13-14-21(33-4)22(16-19)34-5/h9-14,16,20H,6-8,15H2,1-5H3,(H,27,30)(H,28,32). The number of carbonyl (C=O) groups is 3. The van der Waals surface area contributed by atoms with Crippen molar-refractivity contribution in [2.24, 2.45) is 0 Å². The van der Waals surface area contributed by atoms with Gasteiger partial charge >= 0.3 is 6.09 Å². The quantitative estimate of drug-likeness (QED) is 0.618. The molecule has 0 aromatic heterocycles. The Morgan fingerprint density at radius 1 is 0.886 bits per heavy atom. The fourth-order valence-corrected chi connectivity index (χ4v) is 3.87. The number of likely N-dealkylation sites (tertiary alicyclic amines) is 1. The topological polar surface area (TPSA) is 106 Å². The Balaban J connectivity index is 1.69. The van der Waals surface area contributed by atoms with Gasteiger partial charge in [-0.05, 0) is 76.4 Å². The van der Waals surface area contributed by atoms with Crippen LogP contribution in [0.4, 0.5) is 16.2 Å². The zero-order chi connectivity index (χ0) is 25.6. The monoisotopic (exact) mass is 483 g/mol. The van der Waals surface area contributed by atoms with Crippen molar-refractivity contribution in [2.45, 2.75) is 51.7 Å². The first-order valence-electron chi connectivity index (χ1n) is 11.5. The molecule has 35 heavy (non-hydrogen) atoms. The van der Waals surface area contributed by atoms with Crippen molar-refractivity contribution in [1.82, 2.24) is 4.90 Å². The highest BCUT2D eigenvalue weighted by Gasteiger charge is 2.33. The van der Waals surface area contributed by atoms with E-state index in [1.54, 1.807) is 75.2 Å². The number of nitrogens with zero attached hydrogens (tertiary/aromatic N) is 1. The van der Waals surface area contributed by atoms with Gasteiger partial charge in [0.05, 0.1) is 14.2 Å². The van der Waals surface area contributed by atoms with E-state index in [4.69, 9.17) is 14.2 Å². The number of piperidine rings is 1. The molecule has 3 amide bonds. The molecule has 1 aliphatic rings. The van der Waals surface area contributed by atoms with Gasteiger partial charge in [-0.15, -0.1) is 0 Å². The number of anilines is 2. The molecule has 0 saturated carbocycles. The van der Waals surface area contributed by atoms with Gasteiger partial charge in [0.2, 0.25) is 5.91 Å². The van der Waals surface area contributed by atoms with Crippen molar-refractivity contribution < 1.29 is 28.6 Å². The molecule has 0 radical (unpaired) electrons. The molecular weight excluding hydrogens is 450 g/mol. The maximum Gasteiger partial charge on any atom is 0.412 e. The maximum atomic E-state index is 13.3. The fraction of sp³-hybridized carbons (Fsp3) is 0.423. The van der Waals surface area contributed by atoms with E-state index in [0.29, 0.717) is 41.4 Å². The Bertz CT molecular complexity index is 1060. The van der Waals surface area contributed by atoms with Gasteiger partial charge in [0.15, 0.2) is 11.5 Å². The molecule has 3 rings (SSSR count). The van der Waals surface area contributed by atoms with Crippen molar-refractivity contribution in [2.75, 3.05) is 31.4 Å². The smallest absolute Gasteiger partial charge is 0.412 e. The molecule has 9 nitrogen and oxygen atoms in total. The van der Waals surface area contributed by atoms with Crippen LogP contribution < -0.4 is 20.1 Å². The van der Waals surface area contributed by atoms with Crippen LogP contribution >= 0.6 is 0 Å². The number of rotatable bonds is 6. The molecule has 2 aromatic carbocycles. The molecule has 1 heterocycles. The van der Waals surface area contributed by atoms with Crippen molar-refractivity contribution in [3.05, 3.63) is 48.0 Å². The molecule has 2 aromatic rings. The summed E-state index contributed by atoms with van der Waals surface area (Å²) in [4.78, 5) is 40.0. The summed E-state index contributed by atoms with van der Waals surface area (Å²) in [5, 5.41) is 5.54. The third-order valence-corrected chi connectivity index (χ3v) is 5.49. The Morgan fingerprint density at radius 3 is 2.17 bits per heavy atom. The number of hydrogen-bond acceptors (Lipinski definition) is 6. The maximum absolute atomic E-state index is 13.3. The minimum Gasteiger partial charge on any atom is -0.493 e. The lowest BCUT2D eigenvalue weighted by Crippen LogP contribution is -2.50. The first-order chi connectivity index (χ1) is 16.6. The molecule has 1 atom stereocenters. The molecule has 9 heteroatoms. The fourth-order valence-electron chi connectivity index (χ4n) is 3.87. The average molecular weight is 484 g/mol. The summed E-state index contributed by atoms with van der Waals surface area (Å²) in [5.74, 6) is 0.570. The number of nitrogens with one attached hydrogen (secondary N) is 2. The Kier molecular flexibility index (Phi) is 8.22. The second-order valence-electron chi connectivity index (χ2n) is 9.27. The van der Waals surface area contributed by atoms with Crippen LogP contribution in [0, 0.1) is 0 Å². The van der Waals surface area contributed by atoms with Gasteiger partial charge in [-0.3, -0.25) is 14.9 Å². The summed E-state index contributed by atoms with van der Waals surface area (Å²) < 4.78 is 15.8. The van der Waals surface area contributed by atoms with Gasteiger partial charge in [-0.2, -0.15) is 0 Å². The molecule has 0 bridgehead atoms. The zero-order valence-electron chi connectivity index (χ0n) is 20.8. The predicted molar refractivity (Wildman–Crippen MR) is 133 cm³/mol. The van der Waals surface area contributed by atoms with Crippen LogP contribution in [0.15, 0.2) is 42.5 Å². The van der Waals surface area contributed by atoms with E-state index in [-0.39, 0.29) is 11.8 Å². The zero-order valence-corrected chi connectivity index (χ0v) is 20.8. The SMILES string of the molecule is COc1ccc(NC(=O)C2CCCCN2C(=O)c2ccc(NC(=O)OC(C)(C)C)cc2)cc1OC. The lowest BCUT2D eigenvalue weighted by molar-refractivity contribution is -0.121. The molecule has 1 fully saturated rings. The second-order valence-corrected chi connectivity index (χ2v) is 9.27. The summed E-state index contributed by atoms with van der Waals surface area (Å²) >= 11 is 0. The second kappa shape index (κ2) is 11.1. The molecule has 188 valence electrons. The number of ether oxygens (including phenoxy) is 3. The Morgan fingerprint density at radius 2 is 1.54 bits per heavy atom. The first kappa shape index (κ1) is 25.9. The van der Waals surface area contributed by atoms with Crippen molar-refractivity contribution in [3.8, 4) is 11.5 Å². The number of hydrogen-bond donors (Lipinski definition) is 2. The molecule has 1 aliphatic heterocycles. The Hall–Kier alpha value is -3.75. The number of amides is 3. The lowest BCUT2D eigenvalue weighted by Gasteiger charge is -2.34. The Labute approximate surface area is 205 Å².